The third-order valence-electron chi connectivity index (χ3n) is 1.56. The molecule has 1 aliphatic heterocycles. The molecule has 0 spiro atoms. The van der Waals surface area contributed by atoms with Gasteiger partial charge in [0.05, 0.1) is 12.6 Å². The van der Waals surface area contributed by atoms with Gasteiger partial charge in [0.25, 0.3) is 0 Å². The van der Waals surface area contributed by atoms with E-state index in [0.717, 1.165) is 0 Å². The minimum atomic E-state index is -1.17. The monoisotopic (exact) mass is 149 g/mol. The maximum atomic E-state index is 9.00. The lowest BCUT2D eigenvalue weighted by Gasteiger charge is -2.32. The fourth-order valence-corrected chi connectivity index (χ4v) is 0.832. The molecule has 0 aromatic carbocycles. The van der Waals surface area contributed by atoms with Crippen molar-refractivity contribution in [3.05, 3.63) is 0 Å². The lowest BCUT2D eigenvalue weighted by Crippen LogP contribution is -2.57. The lowest BCUT2D eigenvalue weighted by atomic mass is 10.0. The molecule has 1 heterocycles. The first-order valence-electron chi connectivity index (χ1n) is 3.04. The second-order valence-electron chi connectivity index (χ2n) is 2.36. The molecular formula is C5H11NO4. The van der Waals surface area contributed by atoms with Gasteiger partial charge in [-0.05, 0) is 0 Å². The molecular weight excluding hydrogens is 138 g/mol. The van der Waals surface area contributed by atoms with Gasteiger partial charge in [0, 0.05) is 0 Å². The van der Waals surface area contributed by atoms with Crippen molar-refractivity contribution in [3.8, 4) is 0 Å². The first-order chi connectivity index (χ1) is 4.63. The zero-order valence-electron chi connectivity index (χ0n) is 5.34. The maximum Gasteiger partial charge on any atom is 0.172 e. The molecule has 0 unspecified atom stereocenters. The van der Waals surface area contributed by atoms with E-state index < -0.39 is 24.5 Å². The van der Waals surface area contributed by atoms with Gasteiger partial charge in [0.2, 0.25) is 0 Å². The molecule has 1 fully saturated rings. The third-order valence-corrected chi connectivity index (χ3v) is 1.56. The average molecular weight is 149 g/mol. The van der Waals surface area contributed by atoms with E-state index in [4.69, 9.17) is 21.1 Å². The number of hydrogen-bond acceptors (Lipinski definition) is 5. The number of rotatable bonds is 0. The van der Waals surface area contributed by atoms with Crippen molar-refractivity contribution in [3.63, 3.8) is 0 Å². The van der Waals surface area contributed by atoms with E-state index in [1.54, 1.807) is 0 Å². The standard InChI is InChI=1S/C5H11NO4/c6-3-4(8)2(7)1-10-5(3)9/h2-5,7-9H,1,6H2/t2-,3-,4+,5+/m0/s1. The Kier molecular flexibility index (Phi) is 2.22. The van der Waals surface area contributed by atoms with Crippen molar-refractivity contribution in [1.82, 2.24) is 0 Å². The molecule has 0 saturated carbocycles. The summed E-state index contributed by atoms with van der Waals surface area (Å²) >= 11 is 0. The highest BCUT2D eigenvalue weighted by atomic mass is 16.6. The van der Waals surface area contributed by atoms with Crippen molar-refractivity contribution < 1.29 is 20.1 Å². The van der Waals surface area contributed by atoms with Crippen LogP contribution in [-0.2, 0) is 4.74 Å². The Morgan fingerprint density at radius 1 is 1.30 bits per heavy atom. The fourth-order valence-electron chi connectivity index (χ4n) is 0.832. The van der Waals surface area contributed by atoms with E-state index in [0.29, 0.717) is 0 Å². The Bertz CT molecular complexity index is 106. The van der Waals surface area contributed by atoms with Gasteiger partial charge in [-0.25, -0.2) is 0 Å². The van der Waals surface area contributed by atoms with E-state index in [2.05, 4.69) is 4.74 Å². The molecule has 60 valence electrons. The summed E-state index contributed by atoms with van der Waals surface area (Å²) in [4.78, 5) is 0. The number of nitrogens with two attached hydrogens (primary N) is 1. The zero-order chi connectivity index (χ0) is 7.72. The van der Waals surface area contributed by atoms with Gasteiger partial charge < -0.3 is 25.8 Å². The summed E-state index contributed by atoms with van der Waals surface area (Å²) in [5.41, 5.74) is 5.23. The van der Waals surface area contributed by atoms with Crippen LogP contribution >= 0.6 is 0 Å². The maximum absolute atomic E-state index is 9.00. The molecule has 0 aromatic rings. The molecule has 0 radical (unpaired) electrons. The minimum absolute atomic E-state index is 0.0734. The zero-order valence-corrected chi connectivity index (χ0v) is 5.34. The van der Waals surface area contributed by atoms with Gasteiger partial charge >= 0.3 is 0 Å². The Labute approximate surface area is 58.0 Å². The molecule has 5 N–H and O–H groups in total. The van der Waals surface area contributed by atoms with Gasteiger partial charge in [-0.2, -0.15) is 0 Å². The highest BCUT2D eigenvalue weighted by Gasteiger charge is 2.34. The first kappa shape index (κ1) is 7.90. The SMILES string of the molecule is N[C@H]1[C@H](O)[C@@H](O)CO[C@H]1O. The van der Waals surface area contributed by atoms with Crippen molar-refractivity contribution in [2.24, 2.45) is 5.73 Å². The lowest BCUT2D eigenvalue weighted by molar-refractivity contribution is -0.205. The molecule has 0 amide bonds. The topological polar surface area (TPSA) is 95.9 Å². The number of hydrogen-bond donors (Lipinski definition) is 4. The molecule has 0 aromatic heterocycles. The summed E-state index contributed by atoms with van der Waals surface area (Å²) in [6.07, 6.45) is -3.25. The van der Waals surface area contributed by atoms with Gasteiger partial charge in [-0.1, -0.05) is 0 Å². The van der Waals surface area contributed by atoms with Gasteiger partial charge in [-0.3, -0.25) is 0 Å². The molecule has 5 heteroatoms. The summed E-state index contributed by atoms with van der Waals surface area (Å²) in [6.45, 7) is -0.0734. The Hall–Kier alpha value is -0.200. The van der Waals surface area contributed by atoms with Crippen LogP contribution in [-0.4, -0.2) is 46.5 Å². The average Bonchev–Trinajstić information content (AvgIpc) is 1.93. The molecule has 1 saturated heterocycles. The van der Waals surface area contributed by atoms with Crippen molar-refractivity contribution >= 4 is 0 Å². The Balaban J connectivity index is 2.52. The molecule has 0 bridgehead atoms. The van der Waals surface area contributed by atoms with Crippen LogP contribution in [0.1, 0.15) is 0 Å². The van der Waals surface area contributed by atoms with Crippen LogP contribution < -0.4 is 5.73 Å². The molecule has 1 rings (SSSR count). The molecule has 10 heavy (non-hydrogen) atoms. The van der Waals surface area contributed by atoms with Gasteiger partial charge in [0.1, 0.15) is 12.2 Å². The fraction of sp³-hybridized carbons (Fsp3) is 1.00. The van der Waals surface area contributed by atoms with Crippen LogP contribution in [0.15, 0.2) is 0 Å². The van der Waals surface area contributed by atoms with E-state index in [-0.39, 0.29) is 6.61 Å². The van der Waals surface area contributed by atoms with Crippen LogP contribution in [0.4, 0.5) is 0 Å². The molecule has 5 nitrogen and oxygen atoms in total. The summed E-state index contributed by atoms with van der Waals surface area (Å²) in [5, 5.41) is 26.7. The number of aliphatic hydroxyl groups is 3. The smallest absolute Gasteiger partial charge is 0.172 e. The quantitative estimate of drug-likeness (QED) is 0.302. The van der Waals surface area contributed by atoms with Crippen molar-refractivity contribution in [2.45, 2.75) is 24.5 Å². The van der Waals surface area contributed by atoms with E-state index in [9.17, 15) is 0 Å². The summed E-state index contributed by atoms with van der Waals surface area (Å²) in [6, 6.07) is -0.913. The number of ether oxygens (including phenoxy) is 1. The Morgan fingerprint density at radius 3 is 2.40 bits per heavy atom. The summed E-state index contributed by atoms with van der Waals surface area (Å²) in [7, 11) is 0. The van der Waals surface area contributed by atoms with E-state index in [1.807, 2.05) is 0 Å². The summed E-state index contributed by atoms with van der Waals surface area (Å²) in [5.74, 6) is 0. The van der Waals surface area contributed by atoms with Crippen molar-refractivity contribution in [2.75, 3.05) is 6.61 Å². The van der Waals surface area contributed by atoms with Crippen LogP contribution in [0, 0.1) is 0 Å². The van der Waals surface area contributed by atoms with Crippen LogP contribution in [0.5, 0.6) is 0 Å². The largest absolute Gasteiger partial charge is 0.389 e. The predicted molar refractivity (Wildman–Crippen MR) is 31.9 cm³/mol. The normalized spacial score (nSPS) is 49.2. The third kappa shape index (κ3) is 1.28. The van der Waals surface area contributed by atoms with E-state index >= 15 is 0 Å². The minimum Gasteiger partial charge on any atom is -0.389 e. The summed E-state index contributed by atoms with van der Waals surface area (Å²) < 4.78 is 4.59. The first-order valence-corrected chi connectivity index (χ1v) is 3.04. The Morgan fingerprint density at radius 2 is 1.90 bits per heavy atom. The van der Waals surface area contributed by atoms with E-state index in [1.165, 1.54) is 0 Å². The van der Waals surface area contributed by atoms with Crippen molar-refractivity contribution in [1.29, 1.82) is 0 Å². The predicted octanol–water partition coefficient (Wildman–Crippen LogP) is -2.62. The van der Waals surface area contributed by atoms with Crippen LogP contribution in [0.2, 0.25) is 0 Å². The van der Waals surface area contributed by atoms with Crippen LogP contribution in [0.3, 0.4) is 0 Å². The highest BCUT2D eigenvalue weighted by Crippen LogP contribution is 2.10. The molecule has 0 aliphatic carbocycles. The number of aliphatic hydroxyl groups excluding tert-OH is 3. The molecule has 1 aliphatic rings. The highest BCUT2D eigenvalue weighted by molar-refractivity contribution is 4.84. The second-order valence-corrected chi connectivity index (χ2v) is 2.36. The molecule has 4 atom stereocenters. The van der Waals surface area contributed by atoms with Gasteiger partial charge in [-0.15, -0.1) is 0 Å². The second kappa shape index (κ2) is 2.81. The van der Waals surface area contributed by atoms with Gasteiger partial charge in [0.15, 0.2) is 6.29 Å². The van der Waals surface area contributed by atoms with Crippen LogP contribution in [0.25, 0.3) is 0 Å².